The second kappa shape index (κ2) is 15.3. The van der Waals surface area contributed by atoms with Gasteiger partial charge < -0.3 is 19.2 Å². The van der Waals surface area contributed by atoms with Crippen molar-refractivity contribution in [3.63, 3.8) is 0 Å². The van der Waals surface area contributed by atoms with Crippen molar-refractivity contribution in [2.45, 2.75) is 110 Å². The molecule has 3 aromatic rings. The molecule has 0 aromatic heterocycles. The molecule has 0 aliphatic carbocycles. The Bertz CT molecular complexity index is 1930. The molecule has 1 fully saturated rings. The van der Waals surface area contributed by atoms with E-state index in [2.05, 4.69) is 49.6 Å². The van der Waals surface area contributed by atoms with Crippen molar-refractivity contribution in [3.05, 3.63) is 80.2 Å². The van der Waals surface area contributed by atoms with Crippen molar-refractivity contribution in [3.8, 4) is 17.2 Å². The molecule has 4 aliphatic heterocycles. The van der Waals surface area contributed by atoms with Crippen LogP contribution in [0.1, 0.15) is 118 Å². The zero-order valence-electron chi connectivity index (χ0n) is 30.2. The van der Waals surface area contributed by atoms with Crippen LogP contribution in [0.25, 0.3) is 12.2 Å². The summed E-state index contributed by atoms with van der Waals surface area (Å²) in [6.07, 6.45) is 12.3. The van der Waals surface area contributed by atoms with E-state index >= 15 is 0 Å². The SMILES string of the molecule is C=c1c(CCCC)cc2c(c1CCCC)Oc1c(cc3c4c1CCCN4CCC3)C=2c1ccc(OCCCCC(=O)ON2C(=O)CCC2=O)cc1. The van der Waals surface area contributed by atoms with Gasteiger partial charge in [0, 0.05) is 65.5 Å². The van der Waals surface area contributed by atoms with Crippen LogP contribution in [0.3, 0.4) is 0 Å². The van der Waals surface area contributed by atoms with E-state index < -0.39 is 17.8 Å². The summed E-state index contributed by atoms with van der Waals surface area (Å²) in [5, 5.41) is 2.91. The Morgan fingerprint density at radius 1 is 0.863 bits per heavy atom. The number of amides is 2. The zero-order chi connectivity index (χ0) is 35.5. The summed E-state index contributed by atoms with van der Waals surface area (Å²) < 4.78 is 13.2. The van der Waals surface area contributed by atoms with E-state index in [9.17, 15) is 14.4 Å². The molecule has 0 radical (unpaired) electrons. The van der Waals surface area contributed by atoms with Crippen LogP contribution in [0.4, 0.5) is 5.69 Å². The molecular weight excluding hydrogens is 640 g/mol. The van der Waals surface area contributed by atoms with Gasteiger partial charge >= 0.3 is 5.97 Å². The van der Waals surface area contributed by atoms with E-state index in [0.29, 0.717) is 24.5 Å². The molecule has 1 saturated heterocycles. The van der Waals surface area contributed by atoms with Crippen LogP contribution in [0.2, 0.25) is 0 Å². The summed E-state index contributed by atoms with van der Waals surface area (Å²) in [6.45, 7) is 11.8. The Morgan fingerprint density at radius 2 is 1.59 bits per heavy atom. The van der Waals surface area contributed by atoms with E-state index in [1.54, 1.807) is 0 Å². The predicted molar refractivity (Wildman–Crippen MR) is 198 cm³/mol. The first-order chi connectivity index (χ1) is 24.9. The summed E-state index contributed by atoms with van der Waals surface area (Å²) in [5.74, 6) is 1.26. The van der Waals surface area contributed by atoms with Gasteiger partial charge in [-0.3, -0.25) is 9.59 Å². The lowest BCUT2D eigenvalue weighted by Gasteiger charge is -2.39. The number of imide groups is 1. The molecule has 2 amide bonds. The van der Waals surface area contributed by atoms with Crippen molar-refractivity contribution in [1.82, 2.24) is 5.06 Å². The lowest BCUT2D eigenvalue weighted by Crippen LogP contribution is -2.35. The van der Waals surface area contributed by atoms with Crippen molar-refractivity contribution in [2.24, 2.45) is 0 Å². The smallest absolute Gasteiger partial charge is 0.333 e. The van der Waals surface area contributed by atoms with E-state index in [1.807, 2.05) is 12.1 Å². The Hall–Kier alpha value is -4.59. The maximum Gasteiger partial charge on any atom is 0.333 e. The highest BCUT2D eigenvalue weighted by Crippen LogP contribution is 2.48. The summed E-state index contributed by atoms with van der Waals surface area (Å²) in [6, 6.07) is 13.2. The maximum atomic E-state index is 12.2. The van der Waals surface area contributed by atoms with Crippen LogP contribution in [0.5, 0.6) is 17.2 Å². The predicted octanol–water partition coefficient (Wildman–Crippen LogP) is 6.99. The second-order valence-corrected chi connectivity index (χ2v) is 14.4. The van der Waals surface area contributed by atoms with Gasteiger partial charge in [0.05, 0.1) is 6.61 Å². The van der Waals surface area contributed by atoms with Gasteiger partial charge in [-0.15, -0.1) is 5.06 Å². The molecule has 8 heteroatoms. The molecule has 0 atom stereocenters. The average Bonchev–Trinajstić information content (AvgIpc) is 3.45. The normalized spacial score (nSPS) is 16.1. The highest BCUT2D eigenvalue weighted by atomic mass is 16.7. The highest BCUT2D eigenvalue weighted by molar-refractivity contribution is 6.01. The zero-order valence-corrected chi connectivity index (χ0v) is 30.2. The van der Waals surface area contributed by atoms with Gasteiger partial charge in [-0.2, -0.15) is 0 Å². The first kappa shape index (κ1) is 34.8. The molecule has 4 heterocycles. The lowest BCUT2D eigenvalue weighted by atomic mass is 9.83. The molecule has 0 bridgehead atoms. The maximum absolute atomic E-state index is 12.2. The van der Waals surface area contributed by atoms with Gasteiger partial charge in [-0.25, -0.2) is 4.79 Å². The summed E-state index contributed by atoms with van der Waals surface area (Å²) in [5.41, 5.74) is 10.3. The van der Waals surface area contributed by atoms with Gasteiger partial charge in [0.15, 0.2) is 0 Å². The Kier molecular flexibility index (Phi) is 10.5. The average molecular weight is 691 g/mol. The number of fused-ring (bicyclic) bond motifs is 3. The molecule has 3 aromatic carbocycles. The molecular formula is C43H50N2O6. The van der Waals surface area contributed by atoms with Crippen molar-refractivity contribution in [2.75, 3.05) is 24.6 Å². The number of carbonyl (C=O) groups excluding carboxylic acids is 3. The largest absolute Gasteiger partial charge is 0.494 e. The molecule has 0 unspecified atom stereocenters. The Balaban J connectivity index is 1.19. The lowest BCUT2D eigenvalue weighted by molar-refractivity contribution is -0.197. The second-order valence-electron chi connectivity index (χ2n) is 14.4. The number of unbranched alkanes of at least 4 members (excludes halogenated alkanes) is 3. The van der Waals surface area contributed by atoms with E-state index in [-0.39, 0.29) is 19.3 Å². The number of ether oxygens (including phenoxy) is 2. The first-order valence-corrected chi connectivity index (χ1v) is 19.2. The third kappa shape index (κ3) is 7.02. The van der Waals surface area contributed by atoms with Crippen molar-refractivity contribution >= 4 is 35.6 Å². The van der Waals surface area contributed by atoms with Crippen LogP contribution >= 0.6 is 0 Å². The summed E-state index contributed by atoms with van der Waals surface area (Å²) in [7, 11) is 0. The number of hydrogen-bond donors (Lipinski definition) is 0. The topological polar surface area (TPSA) is 85.4 Å². The van der Waals surface area contributed by atoms with Crippen LogP contribution in [-0.4, -0.2) is 42.5 Å². The quantitative estimate of drug-likeness (QED) is 0.104. The van der Waals surface area contributed by atoms with Crippen LogP contribution < -0.4 is 24.8 Å². The fourth-order valence-electron chi connectivity index (χ4n) is 8.11. The fraction of sp³-hybridized carbons (Fsp3) is 0.465. The minimum atomic E-state index is -0.582. The third-order valence-electron chi connectivity index (χ3n) is 10.8. The van der Waals surface area contributed by atoms with Crippen LogP contribution in [-0.2, 0) is 44.9 Å². The summed E-state index contributed by atoms with van der Waals surface area (Å²) >= 11 is 0. The molecule has 0 N–H and O–H groups in total. The number of anilines is 1. The van der Waals surface area contributed by atoms with Crippen LogP contribution in [0, 0.1) is 0 Å². The van der Waals surface area contributed by atoms with Gasteiger partial charge in [0.25, 0.3) is 11.8 Å². The minimum absolute atomic E-state index is 0.0870. The Labute approximate surface area is 301 Å². The van der Waals surface area contributed by atoms with Crippen molar-refractivity contribution < 1.29 is 28.7 Å². The first-order valence-electron chi connectivity index (χ1n) is 19.2. The number of rotatable bonds is 14. The number of aryl methyl sites for hydroxylation is 2. The van der Waals surface area contributed by atoms with Crippen molar-refractivity contribution in [1.29, 1.82) is 0 Å². The van der Waals surface area contributed by atoms with Gasteiger partial charge in [-0.05, 0) is 110 Å². The molecule has 4 aliphatic rings. The van der Waals surface area contributed by atoms with Gasteiger partial charge in [0.2, 0.25) is 0 Å². The van der Waals surface area contributed by atoms with Crippen LogP contribution in [0.15, 0.2) is 36.4 Å². The number of hydroxylamine groups is 2. The Morgan fingerprint density at radius 3 is 2.33 bits per heavy atom. The molecule has 8 nitrogen and oxygen atoms in total. The number of benzene rings is 3. The fourth-order valence-corrected chi connectivity index (χ4v) is 8.11. The van der Waals surface area contributed by atoms with E-state index in [0.717, 1.165) is 98.9 Å². The highest BCUT2D eigenvalue weighted by Gasteiger charge is 2.34. The third-order valence-corrected chi connectivity index (χ3v) is 10.8. The number of nitrogens with zero attached hydrogens (tertiary/aromatic N) is 2. The molecule has 0 spiro atoms. The standard InChI is InChI=1S/C43H50N2O6/c1-4-6-12-30-26-35-40(29-17-19-32(20-18-29)49-25-9-8-16-39(48)51-45-37(46)21-22-38(45)47)36-27-31-13-10-23-44-24-11-15-34(41(31)44)43(36)50-42(35)33(28(30)3)14-7-5-2/h17-20,26-27H,3-16,21-25H2,1-2H3. The molecule has 7 rings (SSSR count). The van der Waals surface area contributed by atoms with E-state index in [4.69, 9.17) is 14.3 Å². The minimum Gasteiger partial charge on any atom is -0.494 e. The van der Waals surface area contributed by atoms with Gasteiger partial charge in [0.1, 0.15) is 17.2 Å². The summed E-state index contributed by atoms with van der Waals surface area (Å²) in [4.78, 5) is 43.1. The number of hydrogen-bond acceptors (Lipinski definition) is 7. The van der Waals surface area contributed by atoms with Gasteiger partial charge in [-0.1, -0.05) is 45.4 Å². The van der Waals surface area contributed by atoms with E-state index in [1.165, 1.54) is 50.7 Å². The monoisotopic (exact) mass is 690 g/mol. The molecule has 0 saturated carbocycles. The molecule has 51 heavy (non-hydrogen) atoms. The number of carbonyl (C=O) groups is 3. The molecule has 268 valence electrons.